The van der Waals surface area contributed by atoms with Gasteiger partial charge in [0.2, 0.25) is 5.91 Å². The number of rotatable bonds is 6. The highest BCUT2D eigenvalue weighted by Crippen LogP contribution is 2.38. The maximum Gasteiger partial charge on any atom is 0.342 e. The van der Waals surface area contributed by atoms with Gasteiger partial charge in [-0.25, -0.2) is 4.79 Å². The molecule has 2 aromatic heterocycles. The quantitative estimate of drug-likeness (QED) is 0.704. The Morgan fingerprint density at radius 2 is 2.11 bits per heavy atom. The van der Waals surface area contributed by atoms with Crippen molar-refractivity contribution >= 4 is 45.5 Å². The third-order valence-corrected chi connectivity index (χ3v) is 6.62. The number of nitrogens with zero attached hydrogens (tertiary/aromatic N) is 1. The summed E-state index contributed by atoms with van der Waals surface area (Å²) in [4.78, 5) is 39.7. The van der Waals surface area contributed by atoms with E-state index in [0.29, 0.717) is 22.7 Å². The van der Waals surface area contributed by atoms with Gasteiger partial charge in [0.1, 0.15) is 10.6 Å². The Balaban J connectivity index is 1.75. The minimum absolute atomic E-state index is 0.158. The molecule has 0 aliphatic carbocycles. The van der Waals surface area contributed by atoms with E-state index in [1.807, 2.05) is 27.8 Å². The van der Waals surface area contributed by atoms with E-state index in [0.717, 1.165) is 30.6 Å². The van der Waals surface area contributed by atoms with Crippen molar-refractivity contribution in [2.24, 2.45) is 0 Å². The number of ether oxygens (including phenoxy) is 1. The summed E-state index contributed by atoms with van der Waals surface area (Å²) in [6.07, 6.45) is 4.01. The molecular weight excluding hydrogens is 396 g/mol. The van der Waals surface area contributed by atoms with Gasteiger partial charge in [-0.15, -0.1) is 22.7 Å². The molecule has 0 bridgehead atoms. The summed E-state index contributed by atoms with van der Waals surface area (Å²) in [6.45, 7) is 3.89. The van der Waals surface area contributed by atoms with Crippen molar-refractivity contribution in [2.45, 2.75) is 45.6 Å². The van der Waals surface area contributed by atoms with E-state index in [4.69, 9.17) is 4.74 Å². The van der Waals surface area contributed by atoms with Crippen LogP contribution in [-0.4, -0.2) is 41.9 Å². The molecule has 0 saturated carbocycles. The van der Waals surface area contributed by atoms with Gasteiger partial charge in [-0.1, -0.05) is 13.0 Å². The number of likely N-dealkylation sites (tertiary alicyclic amines) is 1. The van der Waals surface area contributed by atoms with Gasteiger partial charge < -0.3 is 15.0 Å². The SMILES string of the molecule is CC[C@H]1CCCCN1C(=O)COC(=O)c1c(-c2cccs2)csc1NC(C)=O. The number of carbonyl (C=O) groups is 3. The summed E-state index contributed by atoms with van der Waals surface area (Å²) in [5.74, 6) is -1.01. The second-order valence-corrected chi connectivity index (χ2v) is 8.56. The van der Waals surface area contributed by atoms with Crippen molar-refractivity contribution in [3.8, 4) is 10.4 Å². The standard InChI is InChI=1S/C20H24N2O4S2/c1-3-14-7-4-5-9-22(14)17(24)11-26-20(25)18-15(16-8-6-10-27-16)12-28-19(18)21-13(2)23/h6,8,10,12,14H,3-5,7,9,11H2,1-2H3,(H,21,23)/t14-/m0/s1. The molecule has 1 fully saturated rings. The second-order valence-electron chi connectivity index (χ2n) is 6.73. The molecule has 0 unspecified atom stereocenters. The zero-order chi connectivity index (χ0) is 20.1. The molecule has 8 heteroatoms. The maximum atomic E-state index is 12.8. The van der Waals surface area contributed by atoms with Gasteiger partial charge in [0, 0.05) is 35.3 Å². The van der Waals surface area contributed by atoms with Crippen LogP contribution in [0.3, 0.4) is 0 Å². The largest absolute Gasteiger partial charge is 0.452 e. The predicted molar refractivity (Wildman–Crippen MR) is 112 cm³/mol. The zero-order valence-corrected chi connectivity index (χ0v) is 17.7. The molecule has 1 saturated heterocycles. The zero-order valence-electron chi connectivity index (χ0n) is 16.0. The molecule has 28 heavy (non-hydrogen) atoms. The Hall–Kier alpha value is -2.19. The third-order valence-electron chi connectivity index (χ3n) is 4.82. The van der Waals surface area contributed by atoms with E-state index in [-0.39, 0.29) is 24.5 Å². The van der Waals surface area contributed by atoms with Crippen molar-refractivity contribution in [3.63, 3.8) is 0 Å². The van der Waals surface area contributed by atoms with E-state index in [9.17, 15) is 14.4 Å². The fourth-order valence-electron chi connectivity index (χ4n) is 3.46. The van der Waals surface area contributed by atoms with Crippen molar-refractivity contribution in [2.75, 3.05) is 18.5 Å². The molecule has 6 nitrogen and oxygen atoms in total. The molecule has 0 aromatic carbocycles. The van der Waals surface area contributed by atoms with Gasteiger partial charge in [0.15, 0.2) is 6.61 Å². The first-order valence-electron chi connectivity index (χ1n) is 9.40. The summed E-state index contributed by atoms with van der Waals surface area (Å²) in [7, 11) is 0. The number of nitrogens with one attached hydrogen (secondary N) is 1. The van der Waals surface area contributed by atoms with Gasteiger partial charge in [0.25, 0.3) is 5.91 Å². The van der Waals surface area contributed by atoms with Crippen LogP contribution in [0.5, 0.6) is 0 Å². The normalized spacial score (nSPS) is 16.6. The topological polar surface area (TPSA) is 75.7 Å². The molecule has 2 amide bonds. The molecule has 1 N–H and O–H groups in total. The number of hydrogen-bond donors (Lipinski definition) is 1. The Kier molecular flexibility index (Phi) is 6.85. The van der Waals surface area contributed by atoms with Crippen LogP contribution in [0, 0.1) is 0 Å². The molecular formula is C20H24N2O4S2. The van der Waals surface area contributed by atoms with E-state index in [2.05, 4.69) is 12.2 Å². The molecule has 0 spiro atoms. The lowest BCUT2D eigenvalue weighted by molar-refractivity contribution is -0.138. The minimum Gasteiger partial charge on any atom is -0.452 e. The summed E-state index contributed by atoms with van der Waals surface area (Å²) in [5.41, 5.74) is 1.02. The Labute approximate surface area is 172 Å². The van der Waals surface area contributed by atoms with Gasteiger partial charge in [-0.05, 0) is 37.1 Å². The van der Waals surface area contributed by atoms with Crippen LogP contribution in [0.2, 0.25) is 0 Å². The van der Waals surface area contributed by atoms with Crippen molar-refractivity contribution < 1.29 is 19.1 Å². The highest BCUT2D eigenvalue weighted by molar-refractivity contribution is 7.17. The summed E-state index contributed by atoms with van der Waals surface area (Å²) in [6, 6.07) is 4.03. The monoisotopic (exact) mass is 420 g/mol. The van der Waals surface area contributed by atoms with Gasteiger partial charge in [0.05, 0.1) is 0 Å². The first-order chi connectivity index (χ1) is 13.5. The van der Waals surface area contributed by atoms with Crippen LogP contribution in [-0.2, 0) is 14.3 Å². The van der Waals surface area contributed by atoms with Crippen LogP contribution in [0.15, 0.2) is 22.9 Å². The number of amides is 2. The third kappa shape index (κ3) is 4.62. The van der Waals surface area contributed by atoms with E-state index in [1.54, 1.807) is 0 Å². The highest BCUT2D eigenvalue weighted by atomic mass is 32.1. The molecule has 2 aromatic rings. The van der Waals surface area contributed by atoms with Crippen LogP contribution in [0.25, 0.3) is 10.4 Å². The molecule has 3 heterocycles. The van der Waals surface area contributed by atoms with Crippen molar-refractivity contribution in [1.82, 2.24) is 4.90 Å². The van der Waals surface area contributed by atoms with E-state index >= 15 is 0 Å². The van der Waals surface area contributed by atoms with Crippen LogP contribution in [0.4, 0.5) is 5.00 Å². The maximum absolute atomic E-state index is 12.8. The Bertz CT molecular complexity index is 845. The number of esters is 1. The summed E-state index contributed by atoms with van der Waals surface area (Å²) >= 11 is 2.78. The van der Waals surface area contributed by atoms with E-state index < -0.39 is 5.97 Å². The van der Waals surface area contributed by atoms with Gasteiger partial charge >= 0.3 is 5.97 Å². The molecule has 150 valence electrons. The average Bonchev–Trinajstić information content (AvgIpc) is 3.35. The summed E-state index contributed by atoms with van der Waals surface area (Å²) < 4.78 is 5.39. The predicted octanol–water partition coefficient (Wildman–Crippen LogP) is 4.38. The lowest BCUT2D eigenvalue weighted by Crippen LogP contribution is -2.45. The van der Waals surface area contributed by atoms with Crippen LogP contribution >= 0.6 is 22.7 Å². The van der Waals surface area contributed by atoms with Crippen LogP contribution < -0.4 is 5.32 Å². The van der Waals surface area contributed by atoms with Crippen LogP contribution in [0.1, 0.15) is 49.9 Å². The fourth-order valence-corrected chi connectivity index (χ4v) is 5.28. The number of carbonyl (C=O) groups excluding carboxylic acids is 3. The second kappa shape index (κ2) is 9.34. The fraction of sp³-hybridized carbons (Fsp3) is 0.450. The molecule has 1 atom stereocenters. The molecule has 1 aliphatic rings. The first-order valence-corrected chi connectivity index (χ1v) is 11.2. The first kappa shape index (κ1) is 20.5. The van der Waals surface area contributed by atoms with Crippen molar-refractivity contribution in [3.05, 3.63) is 28.5 Å². The van der Waals surface area contributed by atoms with E-state index in [1.165, 1.54) is 29.6 Å². The number of hydrogen-bond acceptors (Lipinski definition) is 6. The number of thiophene rings is 2. The molecule has 1 aliphatic heterocycles. The molecule has 3 rings (SSSR count). The Morgan fingerprint density at radius 3 is 2.79 bits per heavy atom. The average molecular weight is 421 g/mol. The molecule has 0 radical (unpaired) electrons. The van der Waals surface area contributed by atoms with Gasteiger partial charge in [-0.3, -0.25) is 9.59 Å². The smallest absolute Gasteiger partial charge is 0.342 e. The summed E-state index contributed by atoms with van der Waals surface area (Å²) in [5, 5.41) is 6.88. The van der Waals surface area contributed by atoms with Crippen molar-refractivity contribution in [1.29, 1.82) is 0 Å². The number of anilines is 1. The Morgan fingerprint density at radius 1 is 1.29 bits per heavy atom. The lowest BCUT2D eigenvalue weighted by atomic mass is 10.00. The highest BCUT2D eigenvalue weighted by Gasteiger charge is 2.28. The number of piperidine rings is 1. The lowest BCUT2D eigenvalue weighted by Gasteiger charge is -2.35. The van der Waals surface area contributed by atoms with Gasteiger partial charge in [-0.2, -0.15) is 0 Å². The minimum atomic E-state index is -0.591.